The molecule has 0 spiro atoms. The Balaban J connectivity index is 0.000000330. The molecular formula is C25H32N6O2. The zero-order chi connectivity index (χ0) is 24.6. The minimum absolute atomic E-state index is 0.0133. The lowest BCUT2D eigenvalue weighted by Crippen LogP contribution is -2.33. The number of anilines is 1. The Morgan fingerprint density at radius 2 is 1.52 bits per heavy atom. The Morgan fingerprint density at radius 3 is 2.09 bits per heavy atom. The number of nitrogens with zero attached hydrogens (tertiary/aromatic N) is 2. The summed E-state index contributed by atoms with van der Waals surface area (Å²) in [4.78, 5) is 24.6. The molecule has 1 unspecified atom stereocenters. The summed E-state index contributed by atoms with van der Waals surface area (Å²) >= 11 is 0. The van der Waals surface area contributed by atoms with Crippen molar-refractivity contribution < 1.29 is 9.63 Å². The molecule has 0 bridgehead atoms. The lowest BCUT2D eigenvalue weighted by molar-refractivity contribution is -0.117. The quantitative estimate of drug-likeness (QED) is 0.265. The van der Waals surface area contributed by atoms with Gasteiger partial charge < -0.3 is 15.9 Å². The van der Waals surface area contributed by atoms with E-state index in [1.54, 1.807) is 30.5 Å². The molecule has 1 amide bonds. The number of rotatable bonds is 2. The number of hydrogen-bond acceptors (Lipinski definition) is 7. The molecule has 1 atom stereocenters. The lowest BCUT2D eigenvalue weighted by atomic mass is 10.1. The molecule has 1 aromatic heterocycles. The number of fused-ring (bicyclic) bond motifs is 1. The maximum Gasteiger partial charge on any atom is 0.263 e. The van der Waals surface area contributed by atoms with E-state index in [0.717, 1.165) is 5.56 Å². The van der Waals surface area contributed by atoms with Crippen molar-refractivity contribution in [3.05, 3.63) is 95.8 Å². The summed E-state index contributed by atoms with van der Waals surface area (Å²) in [7, 11) is 0. The number of carbonyl (C=O) groups excluding carboxylic acids is 1. The molecule has 0 radical (unpaired) electrons. The molecule has 2 aromatic carbocycles. The van der Waals surface area contributed by atoms with Crippen molar-refractivity contribution >= 4 is 23.2 Å². The first kappa shape index (κ1) is 27.2. The average molecular weight is 449 g/mol. The number of hydrogen-bond donors (Lipinski definition) is 4. The van der Waals surface area contributed by atoms with Crippen LogP contribution in [-0.2, 0) is 9.63 Å². The third kappa shape index (κ3) is 7.95. The maximum absolute atomic E-state index is 11.8. The van der Waals surface area contributed by atoms with E-state index in [2.05, 4.69) is 20.1 Å². The van der Waals surface area contributed by atoms with Gasteiger partial charge >= 0.3 is 0 Å². The second-order valence-electron chi connectivity index (χ2n) is 5.99. The van der Waals surface area contributed by atoms with Gasteiger partial charge in [0.05, 0.1) is 11.4 Å². The zero-order valence-electron chi connectivity index (χ0n) is 19.4. The fraction of sp³-hybridized carbons (Fsp3) is 0.200. The van der Waals surface area contributed by atoms with E-state index < -0.39 is 6.17 Å². The largest absolute Gasteiger partial charge is 0.391 e. The van der Waals surface area contributed by atoms with E-state index >= 15 is 0 Å². The summed E-state index contributed by atoms with van der Waals surface area (Å²) < 4.78 is 0. The number of nitrogens with two attached hydrogens (primary N) is 2. The zero-order valence-corrected chi connectivity index (χ0v) is 19.4. The van der Waals surface area contributed by atoms with Gasteiger partial charge in [-0.05, 0) is 24.3 Å². The molecule has 6 N–H and O–H groups in total. The Labute approximate surface area is 195 Å². The SMILES string of the molecule is CC.CC.N=C(ON)c1ccccc1.NC1N=C(c2ccccc2)c2ncccc2NC1=O. The molecule has 8 heteroatoms. The summed E-state index contributed by atoms with van der Waals surface area (Å²) in [6.07, 6.45) is 0.740. The minimum Gasteiger partial charge on any atom is -0.391 e. The maximum atomic E-state index is 11.8. The number of aliphatic imine (C=N–C) groups is 1. The molecule has 3 aromatic rings. The predicted octanol–water partition coefficient (Wildman–Crippen LogP) is 4.11. The van der Waals surface area contributed by atoms with Crippen molar-refractivity contribution in [2.45, 2.75) is 33.9 Å². The Kier molecular flexibility index (Phi) is 12.4. The van der Waals surface area contributed by atoms with Crippen LogP contribution in [0.2, 0.25) is 0 Å². The number of amides is 1. The third-order valence-electron chi connectivity index (χ3n) is 4.03. The molecule has 1 aliphatic heterocycles. The van der Waals surface area contributed by atoms with E-state index in [4.69, 9.17) is 17.0 Å². The van der Waals surface area contributed by atoms with Crippen LogP contribution in [0.5, 0.6) is 0 Å². The standard InChI is InChI=1S/C14H12N4O.C7H8N2O.2C2H6/c15-13-14(19)17-10-7-4-8-16-12(10)11(18-13)9-5-2-1-3-6-9;8-7(10-9)6-4-2-1-3-5-6;2*1-2/h1-8,13H,15H2,(H,17,19);1-5,8H,9H2;2*1-2H3. The average Bonchev–Trinajstić information content (AvgIpc) is 3.03. The number of aromatic nitrogens is 1. The predicted molar refractivity (Wildman–Crippen MR) is 134 cm³/mol. The summed E-state index contributed by atoms with van der Waals surface area (Å²) in [6, 6.07) is 22.2. The molecule has 2 heterocycles. The Bertz CT molecular complexity index is 1020. The summed E-state index contributed by atoms with van der Waals surface area (Å²) in [5.74, 6) is 4.43. The van der Waals surface area contributed by atoms with Crippen LogP contribution in [-0.4, -0.2) is 28.7 Å². The lowest BCUT2D eigenvalue weighted by Gasteiger charge is -2.07. The van der Waals surface area contributed by atoms with Gasteiger partial charge in [-0.3, -0.25) is 20.2 Å². The molecule has 33 heavy (non-hydrogen) atoms. The monoisotopic (exact) mass is 448 g/mol. The van der Waals surface area contributed by atoms with Gasteiger partial charge in [0, 0.05) is 17.3 Å². The van der Waals surface area contributed by atoms with Crippen molar-refractivity contribution in [2.24, 2.45) is 16.6 Å². The summed E-state index contributed by atoms with van der Waals surface area (Å²) in [5, 5.41) is 9.86. The molecule has 174 valence electrons. The minimum atomic E-state index is -0.926. The van der Waals surface area contributed by atoms with Gasteiger partial charge in [-0.1, -0.05) is 76.2 Å². The second-order valence-corrected chi connectivity index (χ2v) is 5.99. The highest BCUT2D eigenvalue weighted by molar-refractivity contribution is 6.18. The highest BCUT2D eigenvalue weighted by Crippen LogP contribution is 2.20. The van der Waals surface area contributed by atoms with Gasteiger partial charge in [-0.2, -0.15) is 5.90 Å². The van der Waals surface area contributed by atoms with Gasteiger partial charge in [0.1, 0.15) is 5.69 Å². The van der Waals surface area contributed by atoms with Crippen LogP contribution in [0.1, 0.15) is 44.5 Å². The van der Waals surface area contributed by atoms with Crippen molar-refractivity contribution in [2.75, 3.05) is 5.32 Å². The number of benzene rings is 2. The fourth-order valence-corrected chi connectivity index (χ4v) is 2.63. The summed E-state index contributed by atoms with van der Waals surface area (Å²) in [5.41, 5.74) is 9.22. The Hall–Kier alpha value is -3.88. The number of pyridine rings is 1. The van der Waals surface area contributed by atoms with Crippen LogP contribution in [0.4, 0.5) is 5.69 Å². The molecule has 8 nitrogen and oxygen atoms in total. The van der Waals surface area contributed by atoms with Crippen LogP contribution < -0.4 is 16.9 Å². The van der Waals surface area contributed by atoms with Gasteiger partial charge in [-0.25, -0.2) is 0 Å². The number of carbonyl (C=O) groups is 1. The Morgan fingerprint density at radius 1 is 0.939 bits per heavy atom. The molecule has 0 saturated carbocycles. The normalized spacial score (nSPS) is 13.5. The van der Waals surface area contributed by atoms with E-state index in [9.17, 15) is 4.79 Å². The van der Waals surface area contributed by atoms with Crippen LogP contribution >= 0.6 is 0 Å². The number of nitrogens with one attached hydrogen (secondary N) is 2. The van der Waals surface area contributed by atoms with E-state index in [1.807, 2.05) is 76.2 Å². The molecule has 0 aliphatic carbocycles. The van der Waals surface area contributed by atoms with Crippen molar-refractivity contribution in [1.82, 2.24) is 4.98 Å². The first-order valence-corrected chi connectivity index (χ1v) is 10.8. The van der Waals surface area contributed by atoms with E-state index in [0.29, 0.717) is 22.7 Å². The molecule has 1 aliphatic rings. The molecule has 4 rings (SSSR count). The smallest absolute Gasteiger partial charge is 0.263 e. The van der Waals surface area contributed by atoms with Crippen LogP contribution in [0, 0.1) is 5.41 Å². The highest BCUT2D eigenvalue weighted by atomic mass is 16.6. The van der Waals surface area contributed by atoms with Crippen LogP contribution in [0.25, 0.3) is 0 Å². The van der Waals surface area contributed by atoms with Crippen molar-refractivity contribution in [3.8, 4) is 0 Å². The molecule has 0 fully saturated rings. The van der Waals surface area contributed by atoms with Crippen LogP contribution in [0.15, 0.2) is 84.0 Å². The molecular weight excluding hydrogens is 416 g/mol. The van der Waals surface area contributed by atoms with Gasteiger partial charge in [0.2, 0.25) is 5.90 Å². The molecule has 0 saturated heterocycles. The van der Waals surface area contributed by atoms with Gasteiger partial charge in [-0.15, -0.1) is 0 Å². The second kappa shape index (κ2) is 15.0. The first-order chi connectivity index (χ1) is 16.1. The van der Waals surface area contributed by atoms with Gasteiger partial charge in [0.15, 0.2) is 6.17 Å². The van der Waals surface area contributed by atoms with Crippen LogP contribution in [0.3, 0.4) is 0 Å². The fourth-order valence-electron chi connectivity index (χ4n) is 2.63. The van der Waals surface area contributed by atoms with Gasteiger partial charge in [0.25, 0.3) is 5.91 Å². The topological polar surface area (TPSA) is 139 Å². The summed E-state index contributed by atoms with van der Waals surface area (Å²) in [6.45, 7) is 8.00. The van der Waals surface area contributed by atoms with Crippen molar-refractivity contribution in [1.29, 1.82) is 5.41 Å². The van der Waals surface area contributed by atoms with E-state index in [1.165, 1.54) is 0 Å². The van der Waals surface area contributed by atoms with E-state index in [-0.39, 0.29) is 11.8 Å². The first-order valence-electron chi connectivity index (χ1n) is 10.8. The third-order valence-corrected chi connectivity index (χ3v) is 4.03. The van der Waals surface area contributed by atoms with Crippen molar-refractivity contribution in [3.63, 3.8) is 0 Å². The highest BCUT2D eigenvalue weighted by Gasteiger charge is 2.23.